The number of hydrogen-bond donors (Lipinski definition) is 2. The quantitative estimate of drug-likeness (QED) is 0.789. The maximum Gasteiger partial charge on any atom is 0.225 e. The average Bonchev–Trinajstić information content (AvgIpc) is 2.96. The molecule has 1 fully saturated rings. The zero-order valence-electron chi connectivity index (χ0n) is 14.4. The van der Waals surface area contributed by atoms with Gasteiger partial charge < -0.3 is 16.0 Å². The van der Waals surface area contributed by atoms with Gasteiger partial charge in [0, 0.05) is 31.6 Å². The van der Waals surface area contributed by atoms with Crippen molar-refractivity contribution in [2.45, 2.75) is 45.2 Å². The molecule has 2 amide bonds. The van der Waals surface area contributed by atoms with Gasteiger partial charge in [-0.25, -0.2) is 0 Å². The molecule has 0 radical (unpaired) electrons. The third-order valence-corrected chi connectivity index (χ3v) is 4.64. The number of carbonyl (C=O) groups excluding carboxylic acids is 2. The number of rotatable bonds is 7. The first-order valence-electron chi connectivity index (χ1n) is 8.44. The lowest BCUT2D eigenvalue weighted by molar-refractivity contribution is -0.130. The number of benzene rings is 1. The van der Waals surface area contributed by atoms with Gasteiger partial charge in [-0.05, 0) is 18.4 Å². The van der Waals surface area contributed by atoms with Crippen LogP contribution in [0.4, 0.5) is 0 Å². The molecule has 0 aliphatic carbocycles. The second-order valence-electron chi connectivity index (χ2n) is 6.18. The molecule has 1 aromatic carbocycles. The van der Waals surface area contributed by atoms with E-state index in [1.165, 1.54) is 0 Å². The molecule has 6 heteroatoms. The fourth-order valence-electron chi connectivity index (χ4n) is 3.16. The molecule has 5 nitrogen and oxygen atoms in total. The van der Waals surface area contributed by atoms with E-state index in [2.05, 4.69) is 19.2 Å². The molecular weight excluding hydrogens is 326 g/mol. The topological polar surface area (TPSA) is 75.4 Å². The molecule has 0 saturated carbocycles. The van der Waals surface area contributed by atoms with Crippen molar-refractivity contribution in [3.05, 3.63) is 35.9 Å². The van der Waals surface area contributed by atoms with Crippen molar-refractivity contribution in [1.29, 1.82) is 0 Å². The Morgan fingerprint density at radius 2 is 1.92 bits per heavy atom. The monoisotopic (exact) mass is 353 g/mol. The molecule has 134 valence electrons. The number of likely N-dealkylation sites (tertiary alicyclic amines) is 1. The van der Waals surface area contributed by atoms with Gasteiger partial charge in [0.2, 0.25) is 11.8 Å². The van der Waals surface area contributed by atoms with Gasteiger partial charge in [-0.15, -0.1) is 12.4 Å². The summed E-state index contributed by atoms with van der Waals surface area (Å²) in [6.45, 7) is 5.07. The summed E-state index contributed by atoms with van der Waals surface area (Å²) in [5.74, 6) is -0.240. The average molecular weight is 354 g/mol. The summed E-state index contributed by atoms with van der Waals surface area (Å²) < 4.78 is 0. The Morgan fingerprint density at radius 1 is 1.29 bits per heavy atom. The van der Waals surface area contributed by atoms with Crippen molar-refractivity contribution in [3.8, 4) is 0 Å². The van der Waals surface area contributed by atoms with Crippen molar-refractivity contribution in [3.63, 3.8) is 0 Å². The Kier molecular flexibility index (Phi) is 8.22. The number of nitrogens with two attached hydrogens (primary N) is 1. The highest BCUT2D eigenvalue weighted by molar-refractivity contribution is 5.89. The van der Waals surface area contributed by atoms with Gasteiger partial charge in [-0.1, -0.05) is 44.2 Å². The lowest BCUT2D eigenvalue weighted by atomic mass is 10.1. The van der Waals surface area contributed by atoms with Gasteiger partial charge in [0.05, 0.1) is 5.92 Å². The SMILES string of the molecule is CCC(CC)N1CC(C(=O)NCC(N)c2ccccc2)CC1=O.Cl. The number of halogens is 1. The summed E-state index contributed by atoms with van der Waals surface area (Å²) >= 11 is 0. The van der Waals surface area contributed by atoms with E-state index >= 15 is 0 Å². The smallest absolute Gasteiger partial charge is 0.225 e. The van der Waals surface area contributed by atoms with Crippen molar-refractivity contribution in [2.75, 3.05) is 13.1 Å². The van der Waals surface area contributed by atoms with Crippen LogP contribution in [-0.2, 0) is 9.59 Å². The molecule has 1 aliphatic heterocycles. The van der Waals surface area contributed by atoms with Gasteiger partial charge in [-0.2, -0.15) is 0 Å². The minimum absolute atomic E-state index is 0. The van der Waals surface area contributed by atoms with Crippen LogP contribution < -0.4 is 11.1 Å². The Morgan fingerprint density at radius 3 is 2.50 bits per heavy atom. The standard InChI is InChI=1S/C18H27N3O2.ClH/c1-3-15(4-2)21-12-14(10-17(21)22)18(23)20-11-16(19)13-8-6-5-7-9-13;/h5-9,14-16H,3-4,10-12,19H2,1-2H3,(H,20,23);1H. The van der Waals surface area contributed by atoms with Gasteiger partial charge in [0.25, 0.3) is 0 Å². The first-order chi connectivity index (χ1) is 11.1. The van der Waals surface area contributed by atoms with Crippen molar-refractivity contribution in [1.82, 2.24) is 10.2 Å². The molecule has 1 saturated heterocycles. The largest absolute Gasteiger partial charge is 0.354 e. The highest BCUT2D eigenvalue weighted by Crippen LogP contribution is 2.23. The zero-order chi connectivity index (χ0) is 16.8. The molecule has 0 aromatic heterocycles. The summed E-state index contributed by atoms with van der Waals surface area (Å²) in [5.41, 5.74) is 7.09. The van der Waals surface area contributed by atoms with E-state index in [-0.39, 0.29) is 42.2 Å². The molecule has 0 bridgehead atoms. The highest BCUT2D eigenvalue weighted by Gasteiger charge is 2.36. The minimum Gasteiger partial charge on any atom is -0.354 e. The van der Waals surface area contributed by atoms with Crippen LogP contribution in [0.3, 0.4) is 0 Å². The Labute approximate surface area is 150 Å². The van der Waals surface area contributed by atoms with E-state index in [1.54, 1.807) is 0 Å². The van der Waals surface area contributed by atoms with Crippen molar-refractivity contribution < 1.29 is 9.59 Å². The maximum absolute atomic E-state index is 12.3. The summed E-state index contributed by atoms with van der Waals surface area (Å²) in [6.07, 6.45) is 2.16. The summed E-state index contributed by atoms with van der Waals surface area (Å²) in [5, 5.41) is 2.90. The number of hydrogen-bond acceptors (Lipinski definition) is 3. The van der Waals surface area contributed by atoms with Gasteiger partial charge in [0.15, 0.2) is 0 Å². The number of nitrogens with zero attached hydrogens (tertiary/aromatic N) is 1. The zero-order valence-corrected chi connectivity index (χ0v) is 15.2. The fraction of sp³-hybridized carbons (Fsp3) is 0.556. The highest BCUT2D eigenvalue weighted by atomic mass is 35.5. The molecule has 1 aromatic rings. The second kappa shape index (κ2) is 9.64. The molecular formula is C18H28ClN3O2. The third kappa shape index (κ3) is 4.95. The van der Waals surface area contributed by atoms with E-state index in [9.17, 15) is 9.59 Å². The summed E-state index contributed by atoms with van der Waals surface area (Å²) in [6, 6.07) is 9.71. The van der Waals surface area contributed by atoms with Crippen LogP contribution in [0.2, 0.25) is 0 Å². The van der Waals surface area contributed by atoms with Crippen LogP contribution in [0.15, 0.2) is 30.3 Å². The van der Waals surface area contributed by atoms with Gasteiger partial charge in [-0.3, -0.25) is 9.59 Å². The molecule has 3 N–H and O–H groups in total. The van der Waals surface area contributed by atoms with Crippen LogP contribution >= 0.6 is 12.4 Å². The Balaban J connectivity index is 0.00000288. The number of carbonyl (C=O) groups is 2. The second-order valence-corrected chi connectivity index (χ2v) is 6.18. The van der Waals surface area contributed by atoms with E-state index < -0.39 is 0 Å². The lowest BCUT2D eigenvalue weighted by Gasteiger charge is -2.26. The van der Waals surface area contributed by atoms with Crippen molar-refractivity contribution in [2.24, 2.45) is 11.7 Å². The van der Waals surface area contributed by atoms with Crippen LogP contribution in [0, 0.1) is 5.92 Å². The molecule has 2 rings (SSSR count). The van der Waals surface area contributed by atoms with E-state index in [0.29, 0.717) is 19.5 Å². The van der Waals surface area contributed by atoms with Crippen LogP contribution in [-0.4, -0.2) is 35.8 Å². The summed E-state index contributed by atoms with van der Waals surface area (Å²) in [4.78, 5) is 26.3. The first kappa shape index (κ1) is 20.5. The molecule has 2 atom stereocenters. The molecule has 1 aliphatic rings. The van der Waals surface area contributed by atoms with Gasteiger partial charge in [0.1, 0.15) is 0 Å². The van der Waals surface area contributed by atoms with Crippen LogP contribution in [0.1, 0.15) is 44.7 Å². The van der Waals surface area contributed by atoms with E-state index in [0.717, 1.165) is 18.4 Å². The molecule has 1 heterocycles. The van der Waals surface area contributed by atoms with Crippen molar-refractivity contribution >= 4 is 24.2 Å². The van der Waals surface area contributed by atoms with E-state index in [4.69, 9.17) is 5.73 Å². The fourth-order valence-corrected chi connectivity index (χ4v) is 3.16. The predicted octanol–water partition coefficient (Wildman–Crippen LogP) is 2.26. The molecule has 0 spiro atoms. The molecule has 2 unspecified atom stereocenters. The normalized spacial score (nSPS) is 18.4. The van der Waals surface area contributed by atoms with Crippen LogP contribution in [0.5, 0.6) is 0 Å². The summed E-state index contributed by atoms with van der Waals surface area (Å²) in [7, 11) is 0. The predicted molar refractivity (Wildman–Crippen MR) is 97.8 cm³/mol. The Hall–Kier alpha value is -1.59. The van der Waals surface area contributed by atoms with Crippen LogP contribution in [0.25, 0.3) is 0 Å². The van der Waals surface area contributed by atoms with Gasteiger partial charge >= 0.3 is 0 Å². The maximum atomic E-state index is 12.3. The lowest BCUT2D eigenvalue weighted by Crippen LogP contribution is -2.39. The number of nitrogens with one attached hydrogen (secondary N) is 1. The molecule has 24 heavy (non-hydrogen) atoms. The number of amides is 2. The third-order valence-electron chi connectivity index (χ3n) is 4.64. The minimum atomic E-state index is -0.258. The van der Waals surface area contributed by atoms with E-state index in [1.807, 2.05) is 35.2 Å². The first-order valence-corrected chi connectivity index (χ1v) is 8.44. The Bertz CT molecular complexity index is 534.